The van der Waals surface area contributed by atoms with Gasteiger partial charge in [0.25, 0.3) is 0 Å². The van der Waals surface area contributed by atoms with Crippen molar-refractivity contribution < 1.29 is 9.59 Å². The van der Waals surface area contributed by atoms with Crippen LogP contribution in [0.2, 0.25) is 0 Å². The summed E-state index contributed by atoms with van der Waals surface area (Å²) in [5, 5.41) is 2.19. The summed E-state index contributed by atoms with van der Waals surface area (Å²) in [7, 11) is 0. The van der Waals surface area contributed by atoms with Gasteiger partial charge in [-0.05, 0) is 61.2 Å². The third-order valence-electron chi connectivity index (χ3n) is 8.20. The van der Waals surface area contributed by atoms with E-state index < -0.39 is 0 Å². The lowest BCUT2D eigenvalue weighted by Crippen LogP contribution is -2.57. The van der Waals surface area contributed by atoms with Crippen molar-refractivity contribution in [2.24, 2.45) is 5.92 Å². The normalized spacial score (nSPS) is 22.9. The quantitative estimate of drug-likeness (QED) is 0.642. The van der Waals surface area contributed by atoms with Gasteiger partial charge in [-0.15, -0.1) is 11.3 Å². The molecule has 34 heavy (non-hydrogen) atoms. The summed E-state index contributed by atoms with van der Waals surface area (Å²) in [6.07, 6.45) is 6.68. The van der Waals surface area contributed by atoms with E-state index in [9.17, 15) is 9.59 Å². The number of carbonyl (C=O) groups excluding carboxylic acids is 2. The monoisotopic (exact) mass is 479 g/mol. The van der Waals surface area contributed by atoms with Gasteiger partial charge in [0.15, 0.2) is 0 Å². The van der Waals surface area contributed by atoms with Crippen molar-refractivity contribution in [3.63, 3.8) is 0 Å². The maximum Gasteiger partial charge on any atom is 0.239 e. The summed E-state index contributed by atoms with van der Waals surface area (Å²) in [6.45, 7) is 7.77. The van der Waals surface area contributed by atoms with E-state index in [-0.39, 0.29) is 23.9 Å². The molecule has 3 aliphatic rings. The molecule has 1 aliphatic carbocycles. The number of fused-ring (bicyclic) bond motifs is 1. The lowest BCUT2D eigenvalue weighted by Gasteiger charge is -2.43. The number of carbonyl (C=O) groups is 2. The van der Waals surface area contributed by atoms with E-state index in [0.29, 0.717) is 32.1 Å². The average molecular weight is 480 g/mol. The second-order valence-electron chi connectivity index (χ2n) is 10.2. The van der Waals surface area contributed by atoms with Crippen LogP contribution in [0.5, 0.6) is 0 Å². The Bertz CT molecular complexity index is 1020. The molecule has 1 aromatic heterocycles. The molecular weight excluding hydrogens is 442 g/mol. The molecule has 2 aromatic rings. The van der Waals surface area contributed by atoms with Gasteiger partial charge < -0.3 is 9.80 Å². The molecule has 2 atom stereocenters. The summed E-state index contributed by atoms with van der Waals surface area (Å²) in [4.78, 5) is 34.5. The molecule has 5 rings (SSSR count). The van der Waals surface area contributed by atoms with Gasteiger partial charge in [0, 0.05) is 43.5 Å². The van der Waals surface area contributed by atoms with Crippen molar-refractivity contribution in [2.45, 2.75) is 64.5 Å². The number of aryl methyl sites for hydroxylation is 1. The Kier molecular flexibility index (Phi) is 7.07. The van der Waals surface area contributed by atoms with Gasteiger partial charge in [-0.1, -0.05) is 43.5 Å². The number of amides is 2. The second kappa shape index (κ2) is 10.2. The van der Waals surface area contributed by atoms with Gasteiger partial charge in [-0.2, -0.15) is 0 Å². The Hall–Kier alpha value is -2.18. The summed E-state index contributed by atoms with van der Waals surface area (Å²) in [5.74, 6) is 0.723. The molecule has 0 N–H and O–H groups in total. The van der Waals surface area contributed by atoms with Crippen molar-refractivity contribution >= 4 is 23.2 Å². The van der Waals surface area contributed by atoms with E-state index in [1.165, 1.54) is 40.8 Å². The van der Waals surface area contributed by atoms with E-state index >= 15 is 0 Å². The molecule has 2 aliphatic heterocycles. The van der Waals surface area contributed by atoms with Gasteiger partial charge >= 0.3 is 0 Å². The van der Waals surface area contributed by atoms with Crippen LogP contribution in [0.1, 0.15) is 66.6 Å². The van der Waals surface area contributed by atoms with E-state index in [1.54, 1.807) is 0 Å². The molecule has 5 nitrogen and oxygen atoms in total. The van der Waals surface area contributed by atoms with Gasteiger partial charge in [0.2, 0.25) is 11.8 Å². The van der Waals surface area contributed by atoms with E-state index in [0.717, 1.165) is 25.8 Å². The van der Waals surface area contributed by atoms with Crippen molar-refractivity contribution in [3.05, 3.63) is 57.3 Å². The number of rotatable bonds is 4. The average Bonchev–Trinajstić information content (AvgIpc) is 3.37. The van der Waals surface area contributed by atoms with Crippen LogP contribution in [-0.4, -0.2) is 65.3 Å². The minimum absolute atomic E-state index is 0.115. The minimum Gasteiger partial charge on any atom is -0.339 e. The molecule has 0 bridgehead atoms. The maximum absolute atomic E-state index is 13.7. The largest absolute Gasteiger partial charge is 0.339 e. The van der Waals surface area contributed by atoms with Crippen LogP contribution < -0.4 is 0 Å². The molecule has 2 amide bonds. The van der Waals surface area contributed by atoms with Gasteiger partial charge in [-0.25, -0.2) is 0 Å². The van der Waals surface area contributed by atoms with E-state index in [4.69, 9.17) is 0 Å². The molecule has 1 saturated heterocycles. The van der Waals surface area contributed by atoms with Crippen LogP contribution in [0.3, 0.4) is 0 Å². The Morgan fingerprint density at radius 3 is 2.35 bits per heavy atom. The second-order valence-corrected chi connectivity index (χ2v) is 11.2. The third-order valence-corrected chi connectivity index (χ3v) is 9.20. The molecule has 1 saturated carbocycles. The van der Waals surface area contributed by atoms with Crippen LogP contribution in [-0.2, 0) is 16.0 Å². The molecule has 6 heteroatoms. The van der Waals surface area contributed by atoms with Crippen molar-refractivity contribution in [1.29, 1.82) is 0 Å². The zero-order chi connectivity index (χ0) is 23.7. The Labute approximate surface area is 207 Å². The van der Waals surface area contributed by atoms with Crippen LogP contribution in [0.15, 0.2) is 35.7 Å². The van der Waals surface area contributed by atoms with Gasteiger partial charge in [0.1, 0.15) is 0 Å². The summed E-state index contributed by atoms with van der Waals surface area (Å²) in [6, 6.07) is 10.7. The standard InChI is InChI=1S/C28H37N3O2S/c1-20-8-6-7-11-23(20)26-24-13-19-34-25(24)12-14-31(26)21(2)27(32)29-15-17-30(18-16-29)28(33)22-9-4-3-5-10-22/h6-8,11,13,19,21-22,26H,3-5,9-10,12,14-18H2,1-2H3. The van der Waals surface area contributed by atoms with Crippen LogP contribution in [0.4, 0.5) is 0 Å². The van der Waals surface area contributed by atoms with Crippen molar-refractivity contribution in [3.8, 4) is 0 Å². The molecule has 0 radical (unpaired) electrons. The zero-order valence-corrected chi connectivity index (χ0v) is 21.4. The number of nitrogens with zero attached hydrogens (tertiary/aromatic N) is 3. The fraction of sp³-hybridized carbons (Fsp3) is 0.571. The number of benzene rings is 1. The SMILES string of the molecule is Cc1ccccc1C1c2ccsc2CCN1C(C)C(=O)N1CCN(C(=O)C2CCCCC2)CC1. The molecule has 0 spiro atoms. The number of hydrogen-bond acceptors (Lipinski definition) is 4. The Balaban J connectivity index is 1.28. The topological polar surface area (TPSA) is 43.9 Å². The minimum atomic E-state index is -0.196. The van der Waals surface area contributed by atoms with Gasteiger partial charge in [0.05, 0.1) is 12.1 Å². The Morgan fingerprint density at radius 2 is 1.62 bits per heavy atom. The lowest BCUT2D eigenvalue weighted by molar-refractivity contribution is -0.145. The predicted molar refractivity (Wildman–Crippen MR) is 137 cm³/mol. The molecule has 1 aromatic carbocycles. The number of piperazine rings is 1. The highest BCUT2D eigenvalue weighted by Crippen LogP contribution is 2.40. The first-order chi connectivity index (χ1) is 16.5. The molecule has 2 unspecified atom stereocenters. The van der Waals surface area contributed by atoms with Crippen molar-refractivity contribution in [1.82, 2.24) is 14.7 Å². The summed E-state index contributed by atoms with van der Waals surface area (Å²) in [5.41, 5.74) is 3.92. The first-order valence-corrected chi connectivity index (χ1v) is 13.9. The van der Waals surface area contributed by atoms with Crippen LogP contribution in [0.25, 0.3) is 0 Å². The van der Waals surface area contributed by atoms with E-state index in [2.05, 4.69) is 54.5 Å². The number of hydrogen-bond donors (Lipinski definition) is 0. The van der Waals surface area contributed by atoms with Crippen molar-refractivity contribution in [2.75, 3.05) is 32.7 Å². The first kappa shape index (κ1) is 23.6. The van der Waals surface area contributed by atoms with Crippen LogP contribution in [0, 0.1) is 12.8 Å². The molecule has 3 heterocycles. The highest BCUT2D eigenvalue weighted by Gasteiger charge is 2.38. The number of thiophene rings is 1. The highest BCUT2D eigenvalue weighted by molar-refractivity contribution is 7.10. The molecular formula is C28H37N3O2S. The zero-order valence-electron chi connectivity index (χ0n) is 20.5. The lowest BCUT2D eigenvalue weighted by atomic mass is 9.88. The summed E-state index contributed by atoms with van der Waals surface area (Å²) >= 11 is 1.83. The third kappa shape index (κ3) is 4.55. The molecule has 182 valence electrons. The maximum atomic E-state index is 13.7. The van der Waals surface area contributed by atoms with Gasteiger partial charge in [-0.3, -0.25) is 14.5 Å². The molecule has 2 fully saturated rings. The smallest absolute Gasteiger partial charge is 0.239 e. The first-order valence-electron chi connectivity index (χ1n) is 13.0. The van der Waals surface area contributed by atoms with Crippen LogP contribution >= 0.6 is 11.3 Å². The highest BCUT2D eigenvalue weighted by atomic mass is 32.1. The fourth-order valence-electron chi connectivity index (χ4n) is 6.15. The van der Waals surface area contributed by atoms with E-state index in [1.807, 2.05) is 21.1 Å². The predicted octanol–water partition coefficient (Wildman–Crippen LogP) is 4.64. The fourth-order valence-corrected chi connectivity index (χ4v) is 7.06. The summed E-state index contributed by atoms with van der Waals surface area (Å²) < 4.78 is 0. The Morgan fingerprint density at radius 1 is 0.912 bits per heavy atom.